The summed E-state index contributed by atoms with van der Waals surface area (Å²) in [5, 5.41) is 0. The zero-order chi connectivity index (χ0) is 9.52. The van der Waals surface area contributed by atoms with E-state index in [-0.39, 0.29) is 0 Å². The van der Waals surface area contributed by atoms with Crippen LogP contribution in [-0.4, -0.2) is 0 Å². The van der Waals surface area contributed by atoms with E-state index in [0.29, 0.717) is 5.92 Å². The van der Waals surface area contributed by atoms with Gasteiger partial charge in [-0.15, -0.1) is 0 Å². The van der Waals surface area contributed by atoms with Crippen LogP contribution >= 0.6 is 0 Å². The molecule has 0 saturated heterocycles. The zero-order valence-electron chi connectivity index (χ0n) is 8.27. The maximum absolute atomic E-state index is 2.20. The van der Waals surface area contributed by atoms with Crippen LogP contribution in [0.1, 0.15) is 19.4 Å². The Balaban J connectivity index is 2.59. The molecule has 68 valence electrons. The van der Waals surface area contributed by atoms with Crippen LogP contribution in [0.5, 0.6) is 0 Å². The molecule has 0 fully saturated rings. The third kappa shape index (κ3) is 3.75. The van der Waals surface area contributed by atoms with Crippen LogP contribution in [-0.2, 0) is 0 Å². The molecule has 0 aromatic heterocycles. The molecule has 0 spiro atoms. The van der Waals surface area contributed by atoms with E-state index in [1.807, 2.05) is 13.0 Å². The molecular weight excluding hydrogens is 156 g/mol. The van der Waals surface area contributed by atoms with Gasteiger partial charge in [0.2, 0.25) is 0 Å². The van der Waals surface area contributed by atoms with Gasteiger partial charge >= 0.3 is 0 Å². The summed E-state index contributed by atoms with van der Waals surface area (Å²) >= 11 is 0. The highest BCUT2D eigenvalue weighted by Crippen LogP contribution is 2.05. The predicted molar refractivity (Wildman–Crippen MR) is 59.5 cm³/mol. The van der Waals surface area contributed by atoms with Gasteiger partial charge in [-0.2, -0.15) is 0 Å². The molecule has 0 aliphatic rings. The normalized spacial score (nSPS) is 14.0. The first kappa shape index (κ1) is 9.79. The number of rotatable bonds is 3. The van der Waals surface area contributed by atoms with Gasteiger partial charge in [0, 0.05) is 0 Å². The Hall–Kier alpha value is -1.30. The highest BCUT2D eigenvalue weighted by Gasteiger charge is 1.88. The second kappa shape index (κ2) is 5.36. The molecule has 1 aromatic rings. The predicted octanol–water partition coefficient (Wildman–Crippen LogP) is 3.91. The maximum atomic E-state index is 2.20. The minimum Gasteiger partial charge on any atom is -0.0911 e. The van der Waals surface area contributed by atoms with Gasteiger partial charge in [0.1, 0.15) is 0 Å². The minimum atomic E-state index is 0.519. The van der Waals surface area contributed by atoms with Gasteiger partial charge in [-0.1, -0.05) is 61.6 Å². The van der Waals surface area contributed by atoms with Crippen LogP contribution in [0.4, 0.5) is 0 Å². The van der Waals surface area contributed by atoms with E-state index in [1.165, 1.54) is 5.56 Å². The highest BCUT2D eigenvalue weighted by atomic mass is 13.9. The van der Waals surface area contributed by atoms with Crippen molar-refractivity contribution in [3.63, 3.8) is 0 Å². The lowest BCUT2D eigenvalue weighted by molar-refractivity contribution is 0.943. The SMILES string of the molecule is C/C=C\C(C)/C=C/c1ccccc1. The summed E-state index contributed by atoms with van der Waals surface area (Å²) in [6.45, 7) is 4.23. The monoisotopic (exact) mass is 172 g/mol. The molecule has 0 aliphatic carbocycles. The van der Waals surface area contributed by atoms with E-state index in [1.54, 1.807) is 0 Å². The van der Waals surface area contributed by atoms with E-state index in [4.69, 9.17) is 0 Å². The molecule has 0 bridgehead atoms. The van der Waals surface area contributed by atoms with Crippen LogP contribution in [0.25, 0.3) is 6.08 Å². The lowest BCUT2D eigenvalue weighted by Crippen LogP contribution is -1.80. The van der Waals surface area contributed by atoms with Crippen molar-refractivity contribution in [1.82, 2.24) is 0 Å². The van der Waals surface area contributed by atoms with Crippen molar-refractivity contribution in [3.8, 4) is 0 Å². The average molecular weight is 172 g/mol. The number of hydrogen-bond donors (Lipinski definition) is 0. The van der Waals surface area contributed by atoms with Gasteiger partial charge < -0.3 is 0 Å². The maximum Gasteiger partial charge on any atom is -0.00787 e. The van der Waals surface area contributed by atoms with Crippen molar-refractivity contribution in [2.24, 2.45) is 5.92 Å². The van der Waals surface area contributed by atoms with Crippen molar-refractivity contribution >= 4 is 6.08 Å². The Kier molecular flexibility index (Phi) is 4.04. The molecule has 13 heavy (non-hydrogen) atoms. The summed E-state index contributed by atoms with van der Waals surface area (Å²) < 4.78 is 0. The van der Waals surface area contributed by atoms with E-state index in [9.17, 15) is 0 Å². The largest absolute Gasteiger partial charge is 0.0911 e. The quantitative estimate of drug-likeness (QED) is 0.606. The van der Waals surface area contributed by atoms with Gasteiger partial charge in [0.15, 0.2) is 0 Å². The van der Waals surface area contributed by atoms with Gasteiger partial charge in [-0.25, -0.2) is 0 Å². The Bertz CT molecular complexity index is 280. The fraction of sp³-hybridized carbons (Fsp3) is 0.231. The second-order valence-electron chi connectivity index (χ2n) is 3.15. The van der Waals surface area contributed by atoms with Crippen molar-refractivity contribution in [2.75, 3.05) is 0 Å². The molecule has 0 heteroatoms. The van der Waals surface area contributed by atoms with E-state index < -0.39 is 0 Å². The van der Waals surface area contributed by atoms with E-state index in [2.05, 4.69) is 55.5 Å². The van der Waals surface area contributed by atoms with E-state index >= 15 is 0 Å². The van der Waals surface area contributed by atoms with Crippen molar-refractivity contribution in [3.05, 3.63) is 54.1 Å². The third-order valence-electron chi connectivity index (χ3n) is 1.89. The first-order valence-electron chi connectivity index (χ1n) is 4.69. The van der Waals surface area contributed by atoms with Crippen molar-refractivity contribution < 1.29 is 0 Å². The average Bonchev–Trinajstić information content (AvgIpc) is 2.17. The topological polar surface area (TPSA) is 0 Å². The highest BCUT2D eigenvalue weighted by molar-refractivity contribution is 5.49. The summed E-state index contributed by atoms with van der Waals surface area (Å²) in [7, 11) is 0. The lowest BCUT2D eigenvalue weighted by atomic mass is 10.1. The van der Waals surface area contributed by atoms with Crippen LogP contribution in [0, 0.1) is 5.92 Å². The van der Waals surface area contributed by atoms with Crippen LogP contribution in [0.2, 0.25) is 0 Å². The first-order chi connectivity index (χ1) is 6.33. The van der Waals surface area contributed by atoms with Crippen molar-refractivity contribution in [2.45, 2.75) is 13.8 Å². The molecule has 0 radical (unpaired) electrons. The van der Waals surface area contributed by atoms with Crippen molar-refractivity contribution in [1.29, 1.82) is 0 Å². The second-order valence-corrected chi connectivity index (χ2v) is 3.15. The Morgan fingerprint density at radius 3 is 2.38 bits per heavy atom. The molecule has 1 aromatic carbocycles. The van der Waals surface area contributed by atoms with Gasteiger partial charge in [0.25, 0.3) is 0 Å². The molecule has 0 N–H and O–H groups in total. The van der Waals surface area contributed by atoms with Crippen LogP contribution in [0.3, 0.4) is 0 Å². The third-order valence-corrected chi connectivity index (χ3v) is 1.89. The summed E-state index contributed by atoms with van der Waals surface area (Å²) in [5.74, 6) is 0.519. The number of benzene rings is 1. The number of hydrogen-bond acceptors (Lipinski definition) is 0. The molecule has 0 aliphatic heterocycles. The standard InChI is InChI=1S/C13H16/c1-3-7-12(2)10-11-13-8-5-4-6-9-13/h3-12H,1-2H3/b7-3-,11-10+. The smallest absolute Gasteiger partial charge is 0.00787 e. The van der Waals surface area contributed by atoms with Crippen LogP contribution in [0.15, 0.2) is 48.6 Å². The van der Waals surface area contributed by atoms with Gasteiger partial charge in [0.05, 0.1) is 0 Å². The molecule has 1 unspecified atom stereocenters. The van der Waals surface area contributed by atoms with Gasteiger partial charge in [-0.05, 0) is 18.4 Å². The zero-order valence-corrected chi connectivity index (χ0v) is 8.27. The van der Waals surface area contributed by atoms with E-state index in [0.717, 1.165) is 0 Å². The summed E-state index contributed by atoms with van der Waals surface area (Å²) in [6, 6.07) is 10.4. The Morgan fingerprint density at radius 2 is 1.77 bits per heavy atom. The molecule has 1 atom stereocenters. The fourth-order valence-electron chi connectivity index (χ4n) is 1.19. The molecule has 1 rings (SSSR count). The summed E-state index contributed by atoms with van der Waals surface area (Å²) in [5.41, 5.74) is 1.26. The lowest BCUT2D eigenvalue weighted by Gasteiger charge is -1.96. The Morgan fingerprint density at radius 1 is 1.08 bits per heavy atom. The van der Waals surface area contributed by atoms with Gasteiger partial charge in [-0.3, -0.25) is 0 Å². The number of allylic oxidation sites excluding steroid dienone is 3. The Labute approximate surface area is 80.6 Å². The first-order valence-corrected chi connectivity index (χ1v) is 4.69. The molecule has 0 saturated carbocycles. The fourth-order valence-corrected chi connectivity index (χ4v) is 1.19. The summed E-state index contributed by atoms with van der Waals surface area (Å²) in [6.07, 6.45) is 8.62. The van der Waals surface area contributed by atoms with Crippen LogP contribution < -0.4 is 0 Å². The molecule has 0 amide bonds. The molecule has 0 heterocycles. The minimum absolute atomic E-state index is 0.519. The summed E-state index contributed by atoms with van der Waals surface area (Å²) in [4.78, 5) is 0. The molecule has 0 nitrogen and oxygen atoms in total. The molecular formula is C13H16.